The molecule has 2 bridgehead atoms. The molecule has 1 heterocycles. The summed E-state index contributed by atoms with van der Waals surface area (Å²) in [5.74, 6) is 0.382. The summed E-state index contributed by atoms with van der Waals surface area (Å²) in [6.45, 7) is 11.2. The number of hydrogen-bond donors (Lipinski definition) is 0. The maximum Gasteiger partial charge on any atom is 0.261 e. The van der Waals surface area contributed by atoms with Crippen LogP contribution in [0.5, 0.6) is 0 Å². The van der Waals surface area contributed by atoms with Crippen LogP contribution < -0.4 is 10.4 Å². The number of unbranched alkanes of at least 4 members (excludes halogenated alkanes) is 1. The van der Waals surface area contributed by atoms with E-state index in [1.165, 1.54) is 21.5 Å². The van der Waals surface area contributed by atoms with Gasteiger partial charge in [0.1, 0.15) is 0 Å². The Hall–Kier alpha value is -2.05. The van der Waals surface area contributed by atoms with Gasteiger partial charge in [-0.2, -0.15) is 0 Å². The van der Waals surface area contributed by atoms with Crippen LogP contribution in [0.2, 0.25) is 5.04 Å². The van der Waals surface area contributed by atoms with Crippen LogP contribution in [0, 0.1) is 17.3 Å². The molecule has 6 rings (SSSR count). The van der Waals surface area contributed by atoms with Gasteiger partial charge in [-0.05, 0) is 72.4 Å². The molecule has 2 aromatic rings. The molecule has 3 atom stereocenters. The first kappa shape index (κ1) is 28.1. The lowest BCUT2D eigenvalue weighted by atomic mass is 9.65. The number of carbonyl (C=O) groups is 1. The molecular weight excluding hydrogens is 512 g/mol. The fourth-order valence-electron chi connectivity index (χ4n) is 8.70. The first-order valence-electron chi connectivity index (χ1n) is 15.5. The van der Waals surface area contributed by atoms with Crippen molar-refractivity contribution in [2.75, 3.05) is 19.8 Å². The van der Waals surface area contributed by atoms with Gasteiger partial charge in [0.05, 0.1) is 13.2 Å². The Balaban J connectivity index is 1.13. The molecule has 1 saturated carbocycles. The van der Waals surface area contributed by atoms with E-state index in [0.29, 0.717) is 31.5 Å². The molecular formula is C35H46O4Si. The summed E-state index contributed by atoms with van der Waals surface area (Å²) in [6, 6.07) is 21.7. The Morgan fingerprint density at radius 1 is 0.950 bits per heavy atom. The van der Waals surface area contributed by atoms with Crippen LogP contribution in [-0.4, -0.2) is 39.7 Å². The van der Waals surface area contributed by atoms with Crippen LogP contribution in [0.3, 0.4) is 0 Å². The van der Waals surface area contributed by atoms with E-state index in [1.54, 1.807) is 0 Å². The second kappa shape index (κ2) is 10.7. The van der Waals surface area contributed by atoms with Crippen molar-refractivity contribution >= 4 is 24.5 Å². The van der Waals surface area contributed by atoms with Gasteiger partial charge in [0.2, 0.25) is 0 Å². The molecule has 0 unspecified atom stereocenters. The number of allylic oxidation sites excluding steroid dienone is 1. The van der Waals surface area contributed by atoms with Gasteiger partial charge >= 0.3 is 0 Å². The van der Waals surface area contributed by atoms with Gasteiger partial charge in [-0.1, -0.05) is 99.8 Å². The van der Waals surface area contributed by atoms with Gasteiger partial charge in [0.15, 0.2) is 11.6 Å². The first-order valence-corrected chi connectivity index (χ1v) is 17.4. The van der Waals surface area contributed by atoms with Crippen LogP contribution in [0.4, 0.5) is 0 Å². The molecule has 40 heavy (non-hydrogen) atoms. The third kappa shape index (κ3) is 4.39. The predicted molar refractivity (Wildman–Crippen MR) is 162 cm³/mol. The van der Waals surface area contributed by atoms with E-state index >= 15 is 0 Å². The number of benzene rings is 2. The summed E-state index contributed by atoms with van der Waals surface area (Å²) in [5.41, 5.74) is 2.47. The van der Waals surface area contributed by atoms with E-state index in [2.05, 4.69) is 88.4 Å². The normalized spacial score (nSPS) is 27.9. The van der Waals surface area contributed by atoms with Crippen molar-refractivity contribution in [1.29, 1.82) is 0 Å². The van der Waals surface area contributed by atoms with Gasteiger partial charge in [0.25, 0.3) is 8.32 Å². The summed E-state index contributed by atoms with van der Waals surface area (Å²) >= 11 is 0. The molecule has 5 heteroatoms. The molecule has 2 fully saturated rings. The monoisotopic (exact) mass is 558 g/mol. The lowest BCUT2D eigenvalue weighted by Crippen LogP contribution is -2.66. The number of rotatable bonds is 9. The van der Waals surface area contributed by atoms with Crippen molar-refractivity contribution in [3.05, 3.63) is 71.8 Å². The number of hydrogen-bond acceptors (Lipinski definition) is 4. The maximum atomic E-state index is 13.8. The van der Waals surface area contributed by atoms with Crippen LogP contribution in [0.15, 0.2) is 71.8 Å². The number of ether oxygens (including phenoxy) is 2. The molecule has 2 aromatic carbocycles. The quantitative estimate of drug-likeness (QED) is 0.258. The van der Waals surface area contributed by atoms with E-state index in [9.17, 15) is 4.79 Å². The van der Waals surface area contributed by atoms with Gasteiger partial charge < -0.3 is 13.9 Å². The van der Waals surface area contributed by atoms with Crippen molar-refractivity contribution in [2.24, 2.45) is 17.3 Å². The average Bonchev–Trinajstić information content (AvgIpc) is 3.61. The van der Waals surface area contributed by atoms with Gasteiger partial charge in [-0.25, -0.2) is 0 Å². The van der Waals surface area contributed by atoms with Crippen molar-refractivity contribution in [3.63, 3.8) is 0 Å². The third-order valence-corrected chi connectivity index (χ3v) is 15.6. The molecule has 214 valence electrons. The molecule has 0 amide bonds. The van der Waals surface area contributed by atoms with Crippen molar-refractivity contribution < 1.29 is 18.7 Å². The highest BCUT2D eigenvalue weighted by Gasteiger charge is 2.63. The Morgan fingerprint density at radius 2 is 1.57 bits per heavy atom. The maximum absolute atomic E-state index is 13.8. The van der Waals surface area contributed by atoms with Crippen molar-refractivity contribution in [2.45, 2.75) is 89.9 Å². The van der Waals surface area contributed by atoms with Crippen molar-refractivity contribution in [1.82, 2.24) is 0 Å². The van der Waals surface area contributed by atoms with Gasteiger partial charge in [0, 0.05) is 17.9 Å². The summed E-state index contributed by atoms with van der Waals surface area (Å²) in [5, 5.41) is 2.62. The molecule has 0 aromatic heterocycles. The minimum absolute atomic E-state index is 0.0194. The zero-order valence-electron chi connectivity index (χ0n) is 24.8. The highest BCUT2D eigenvalue weighted by molar-refractivity contribution is 6.99. The number of Topliss-reactive ketones (excluding diaryl/α,β-unsaturated/α-hetero) is 1. The Labute approximate surface area is 241 Å². The van der Waals surface area contributed by atoms with Gasteiger partial charge in [-0.15, -0.1) is 0 Å². The lowest BCUT2D eigenvalue weighted by Gasteiger charge is -2.47. The first-order chi connectivity index (χ1) is 19.2. The fourth-order valence-corrected chi connectivity index (χ4v) is 13.3. The van der Waals surface area contributed by atoms with E-state index in [-0.39, 0.29) is 16.4 Å². The minimum Gasteiger partial charge on any atom is -0.407 e. The Bertz CT molecular complexity index is 1200. The predicted octanol–water partition coefficient (Wildman–Crippen LogP) is 6.57. The molecule has 1 saturated heterocycles. The SMILES string of the molecule is CC1([C@@]23CCC[C@@H](C2)C2=C3C[C@@H](CCCCO[Si](c3ccccc3)(c3ccccc3)C(C)(C)C)C2=O)OCCO1. The standard InChI is InChI=1S/C35H46O4Si/c1-33(2,3)40(28-16-7-5-8-17-28,29-18-9-6-10-19-29)39-21-12-11-14-26-24-30-31(32(26)36)27-15-13-20-35(30,25-27)34(4)37-22-23-38-34/h5-10,16-19,26-27H,11-15,20-25H2,1-4H3/t26-,27+,35+/m1/s1. The van der Waals surface area contributed by atoms with E-state index < -0.39 is 14.1 Å². The summed E-state index contributed by atoms with van der Waals surface area (Å²) in [4.78, 5) is 13.8. The number of fused-ring (bicyclic) bond motifs is 4. The van der Waals surface area contributed by atoms with E-state index in [1.807, 2.05) is 0 Å². The smallest absolute Gasteiger partial charge is 0.261 e. The topological polar surface area (TPSA) is 44.8 Å². The molecule has 4 nitrogen and oxygen atoms in total. The van der Waals surface area contributed by atoms with Gasteiger partial charge in [-0.3, -0.25) is 4.79 Å². The van der Waals surface area contributed by atoms with Crippen molar-refractivity contribution in [3.8, 4) is 0 Å². The lowest BCUT2D eigenvalue weighted by molar-refractivity contribution is -0.221. The van der Waals surface area contributed by atoms with E-state index in [0.717, 1.165) is 51.4 Å². The zero-order chi connectivity index (χ0) is 28.0. The number of ketones is 1. The van der Waals surface area contributed by atoms with Crippen LogP contribution >= 0.6 is 0 Å². The largest absolute Gasteiger partial charge is 0.407 e. The molecule has 4 aliphatic rings. The van der Waals surface area contributed by atoms with Crippen LogP contribution in [0.25, 0.3) is 0 Å². The van der Waals surface area contributed by atoms with Crippen LogP contribution in [-0.2, 0) is 18.7 Å². The summed E-state index contributed by atoms with van der Waals surface area (Å²) in [7, 11) is -2.51. The molecule has 1 aliphatic heterocycles. The number of carbonyl (C=O) groups excluding carboxylic acids is 1. The second-order valence-corrected chi connectivity index (χ2v) is 18.0. The zero-order valence-corrected chi connectivity index (χ0v) is 25.8. The Kier molecular flexibility index (Phi) is 7.48. The molecule has 0 N–H and O–H groups in total. The minimum atomic E-state index is -2.51. The summed E-state index contributed by atoms with van der Waals surface area (Å²) < 4.78 is 19.6. The molecule has 0 radical (unpaired) electrons. The van der Waals surface area contributed by atoms with Crippen LogP contribution in [0.1, 0.15) is 79.1 Å². The molecule has 0 spiro atoms. The highest BCUT2D eigenvalue weighted by atomic mass is 28.4. The second-order valence-electron chi connectivity index (χ2n) is 13.7. The van der Waals surface area contributed by atoms with E-state index in [4.69, 9.17) is 13.9 Å². The summed E-state index contributed by atoms with van der Waals surface area (Å²) in [6.07, 6.45) is 8.26. The third-order valence-electron chi connectivity index (χ3n) is 10.5. The molecule has 3 aliphatic carbocycles. The fraction of sp³-hybridized carbons (Fsp3) is 0.571. The average molecular weight is 559 g/mol. The highest BCUT2D eigenvalue weighted by Crippen LogP contribution is 2.65. The Morgan fingerprint density at radius 3 is 2.17 bits per heavy atom.